The zero-order chi connectivity index (χ0) is 50.6. The Balaban J connectivity index is 4.35. The SMILES string of the molecule is CC/C=C\C/C=C\C/C=C\C/C=C\C/C=C\C/C=C\C/C=C\C/C=C\CCCCCCCCC(=O)NC(COP(=O)(O)OCC[N+](C)(C)C)C(O)/C=C/CC/C=C/CC/C=C/CCCCCCCC. The number of phosphoric acid groups is 1. The van der Waals surface area contributed by atoms with Gasteiger partial charge in [0, 0.05) is 6.42 Å². The molecule has 69 heavy (non-hydrogen) atoms. The van der Waals surface area contributed by atoms with E-state index in [4.69, 9.17) is 9.05 Å². The van der Waals surface area contributed by atoms with E-state index in [1.807, 2.05) is 27.2 Å². The monoisotopic (exact) mass is 978 g/mol. The van der Waals surface area contributed by atoms with Crippen molar-refractivity contribution in [1.82, 2.24) is 5.32 Å². The molecule has 0 bridgehead atoms. The van der Waals surface area contributed by atoms with Crippen LogP contribution in [0.1, 0.15) is 187 Å². The van der Waals surface area contributed by atoms with E-state index in [0.29, 0.717) is 17.4 Å². The van der Waals surface area contributed by atoms with Crippen LogP contribution in [0.25, 0.3) is 0 Å². The van der Waals surface area contributed by atoms with Crippen LogP contribution in [0.2, 0.25) is 0 Å². The Bertz CT molecular complexity index is 1580. The van der Waals surface area contributed by atoms with Crippen LogP contribution in [0, 0.1) is 0 Å². The van der Waals surface area contributed by atoms with Gasteiger partial charge in [0.1, 0.15) is 13.2 Å². The molecule has 3 atom stereocenters. The highest BCUT2D eigenvalue weighted by atomic mass is 31.2. The Hall–Kier alpha value is -3.36. The van der Waals surface area contributed by atoms with Gasteiger partial charge in [-0.2, -0.15) is 0 Å². The molecule has 0 heterocycles. The zero-order valence-corrected chi connectivity index (χ0v) is 45.4. The smallest absolute Gasteiger partial charge is 0.387 e. The fourth-order valence-electron chi connectivity index (χ4n) is 6.85. The van der Waals surface area contributed by atoms with E-state index in [-0.39, 0.29) is 19.1 Å². The third kappa shape index (κ3) is 52.3. The highest BCUT2D eigenvalue weighted by molar-refractivity contribution is 7.47. The summed E-state index contributed by atoms with van der Waals surface area (Å²) in [5.41, 5.74) is 0. The van der Waals surface area contributed by atoms with Gasteiger partial charge in [0.25, 0.3) is 0 Å². The number of nitrogens with zero attached hydrogens (tertiary/aromatic N) is 1. The van der Waals surface area contributed by atoms with Crippen LogP contribution in [0.15, 0.2) is 134 Å². The first-order chi connectivity index (χ1) is 33.5. The topological polar surface area (TPSA) is 105 Å². The van der Waals surface area contributed by atoms with Gasteiger partial charge < -0.3 is 19.8 Å². The number of aliphatic hydroxyl groups excluding tert-OH is 1. The maximum Gasteiger partial charge on any atom is 0.472 e. The molecular weight excluding hydrogens is 876 g/mol. The third-order valence-electron chi connectivity index (χ3n) is 11.1. The molecule has 8 nitrogen and oxygen atoms in total. The molecule has 0 aliphatic carbocycles. The number of nitrogens with one attached hydrogen (secondary N) is 1. The van der Waals surface area contributed by atoms with Crippen molar-refractivity contribution in [2.75, 3.05) is 40.9 Å². The molecule has 0 aromatic heterocycles. The summed E-state index contributed by atoms with van der Waals surface area (Å²) in [5, 5.41) is 13.9. The second-order valence-electron chi connectivity index (χ2n) is 18.8. The normalized spacial score (nSPS) is 15.1. The lowest BCUT2D eigenvalue weighted by atomic mass is 10.1. The van der Waals surface area contributed by atoms with Crippen molar-refractivity contribution >= 4 is 13.7 Å². The van der Waals surface area contributed by atoms with Crippen LogP contribution < -0.4 is 5.32 Å². The quantitative estimate of drug-likeness (QED) is 0.0243. The van der Waals surface area contributed by atoms with E-state index >= 15 is 0 Å². The number of aliphatic hydroxyl groups is 1. The number of hydrogen-bond donors (Lipinski definition) is 3. The lowest BCUT2D eigenvalue weighted by Crippen LogP contribution is -2.45. The standard InChI is InChI=1S/C60H101N2O6P/c1-6-8-10-12-14-16-18-20-22-24-25-26-27-28-29-30-31-32-33-34-35-36-37-38-40-42-44-46-48-50-52-54-60(64)61-58(57-68-69(65,66)67-56-55-62(3,4)5)59(63)53-51-49-47-45-43-41-39-23-21-19-17-15-13-11-9-7-2/h8,10,14,16,20-23,25-26,28-29,31-32,34-35,37-38,43,45,51,53,58-59,63H,6-7,9,11-13,15,17-19,24,27,30,33,36,39-42,44,46-50,52,54-57H2,1-5H3,(H-,61,64,65,66)/p+1/b10-8-,16-14-,22-20-,23-21+,26-25-,29-28-,32-31-,35-34-,38-37-,45-43+,53-51+. The maximum atomic E-state index is 12.9. The van der Waals surface area contributed by atoms with Crippen LogP contribution >= 0.6 is 7.82 Å². The molecule has 0 saturated carbocycles. The summed E-state index contributed by atoms with van der Waals surface area (Å²) >= 11 is 0. The van der Waals surface area contributed by atoms with Gasteiger partial charge in [-0.15, -0.1) is 0 Å². The number of hydrogen-bond acceptors (Lipinski definition) is 5. The van der Waals surface area contributed by atoms with Gasteiger partial charge >= 0.3 is 7.82 Å². The van der Waals surface area contributed by atoms with Crippen molar-refractivity contribution < 1.29 is 32.9 Å². The van der Waals surface area contributed by atoms with Gasteiger partial charge in [-0.3, -0.25) is 13.8 Å². The molecule has 0 radical (unpaired) electrons. The Morgan fingerprint density at radius 2 is 0.884 bits per heavy atom. The largest absolute Gasteiger partial charge is 0.472 e. The summed E-state index contributed by atoms with van der Waals surface area (Å²) in [4.78, 5) is 23.2. The third-order valence-corrected chi connectivity index (χ3v) is 12.1. The second kappa shape index (κ2) is 49.6. The van der Waals surface area contributed by atoms with Crippen molar-refractivity contribution in [3.8, 4) is 0 Å². The Kier molecular flexibility index (Phi) is 47.2. The molecule has 0 aliphatic rings. The number of allylic oxidation sites excluding steroid dienone is 21. The van der Waals surface area contributed by atoms with Gasteiger partial charge in [-0.05, 0) is 109 Å². The number of quaternary nitrogens is 1. The van der Waals surface area contributed by atoms with Crippen molar-refractivity contribution in [1.29, 1.82) is 0 Å². The lowest BCUT2D eigenvalue weighted by molar-refractivity contribution is -0.870. The van der Waals surface area contributed by atoms with Crippen LogP contribution in [-0.2, 0) is 18.4 Å². The van der Waals surface area contributed by atoms with Crippen molar-refractivity contribution in [3.05, 3.63) is 134 Å². The Morgan fingerprint density at radius 1 is 0.507 bits per heavy atom. The molecule has 3 unspecified atom stereocenters. The van der Waals surface area contributed by atoms with E-state index < -0.39 is 20.0 Å². The van der Waals surface area contributed by atoms with Gasteiger partial charge in [0.2, 0.25) is 5.91 Å². The Morgan fingerprint density at radius 3 is 1.33 bits per heavy atom. The molecule has 0 fully saturated rings. The van der Waals surface area contributed by atoms with E-state index in [2.05, 4.69) is 141 Å². The minimum atomic E-state index is -4.37. The molecule has 0 aliphatic heterocycles. The summed E-state index contributed by atoms with van der Waals surface area (Å²) in [5.74, 6) is -0.213. The number of carbonyl (C=O) groups is 1. The number of rotatable bonds is 47. The average Bonchev–Trinajstić information content (AvgIpc) is 3.31. The zero-order valence-electron chi connectivity index (χ0n) is 44.5. The molecule has 0 saturated heterocycles. The van der Waals surface area contributed by atoms with Gasteiger partial charge in [0.15, 0.2) is 0 Å². The number of likely N-dealkylation sites (N-methyl/N-ethyl adjacent to an activating group) is 1. The minimum Gasteiger partial charge on any atom is -0.387 e. The van der Waals surface area contributed by atoms with Gasteiger partial charge in [0.05, 0.1) is 39.9 Å². The van der Waals surface area contributed by atoms with Crippen molar-refractivity contribution in [2.24, 2.45) is 0 Å². The van der Waals surface area contributed by atoms with E-state index in [1.165, 1.54) is 44.9 Å². The van der Waals surface area contributed by atoms with Gasteiger partial charge in [-0.1, -0.05) is 205 Å². The number of amides is 1. The maximum absolute atomic E-state index is 12.9. The highest BCUT2D eigenvalue weighted by Gasteiger charge is 2.27. The molecule has 3 N–H and O–H groups in total. The molecular formula is C60H102N2O6P+. The molecule has 0 spiro atoms. The summed E-state index contributed by atoms with van der Waals surface area (Å²) in [7, 11) is 1.51. The number of unbranched alkanes of at least 4 members (excludes halogenated alkanes) is 14. The summed E-state index contributed by atoms with van der Waals surface area (Å²) in [6.07, 6.45) is 75.4. The highest BCUT2D eigenvalue weighted by Crippen LogP contribution is 2.43. The minimum absolute atomic E-state index is 0.0426. The first kappa shape index (κ1) is 65.6. The lowest BCUT2D eigenvalue weighted by Gasteiger charge is -2.25. The number of carbonyl (C=O) groups excluding carboxylic acids is 1. The first-order valence-electron chi connectivity index (χ1n) is 27.1. The predicted molar refractivity (Wildman–Crippen MR) is 299 cm³/mol. The van der Waals surface area contributed by atoms with Crippen molar-refractivity contribution in [3.63, 3.8) is 0 Å². The molecule has 0 rings (SSSR count). The second-order valence-corrected chi connectivity index (χ2v) is 20.3. The number of phosphoric ester groups is 1. The van der Waals surface area contributed by atoms with E-state index in [9.17, 15) is 19.4 Å². The average molecular weight is 978 g/mol. The fraction of sp³-hybridized carbons (Fsp3) is 0.617. The molecule has 1 amide bonds. The molecule has 392 valence electrons. The van der Waals surface area contributed by atoms with Crippen LogP contribution in [0.4, 0.5) is 0 Å². The summed E-state index contributed by atoms with van der Waals surface area (Å²) in [6.45, 7) is 4.62. The fourth-order valence-corrected chi connectivity index (χ4v) is 7.59. The molecule has 0 aromatic carbocycles. The van der Waals surface area contributed by atoms with Gasteiger partial charge in [-0.25, -0.2) is 4.57 Å². The molecule has 9 heteroatoms. The summed E-state index contributed by atoms with van der Waals surface area (Å²) in [6, 6.07) is -0.888. The summed E-state index contributed by atoms with van der Waals surface area (Å²) < 4.78 is 23.6. The predicted octanol–water partition coefficient (Wildman–Crippen LogP) is 16.4. The van der Waals surface area contributed by atoms with E-state index in [1.54, 1.807) is 6.08 Å². The Labute approximate surface area is 424 Å². The van der Waals surface area contributed by atoms with Crippen LogP contribution in [0.3, 0.4) is 0 Å². The van der Waals surface area contributed by atoms with E-state index in [0.717, 1.165) is 122 Å². The van der Waals surface area contributed by atoms with Crippen LogP contribution in [0.5, 0.6) is 0 Å². The molecule has 0 aromatic rings. The first-order valence-corrected chi connectivity index (χ1v) is 28.6. The van der Waals surface area contributed by atoms with Crippen LogP contribution in [-0.4, -0.2) is 73.4 Å². The van der Waals surface area contributed by atoms with Crippen molar-refractivity contribution in [2.45, 2.75) is 199 Å².